The minimum absolute atomic E-state index is 0.0339. The molecule has 1 aliphatic rings. The third-order valence-electron chi connectivity index (χ3n) is 3.32. The first-order chi connectivity index (χ1) is 10.8. The van der Waals surface area contributed by atoms with Crippen molar-refractivity contribution in [3.63, 3.8) is 0 Å². The van der Waals surface area contributed by atoms with Crippen molar-refractivity contribution in [2.75, 3.05) is 7.11 Å². The predicted molar refractivity (Wildman–Crippen MR) is 73.1 cm³/mol. The van der Waals surface area contributed by atoms with Gasteiger partial charge in [0.15, 0.2) is 0 Å². The van der Waals surface area contributed by atoms with Gasteiger partial charge in [0.1, 0.15) is 0 Å². The van der Waals surface area contributed by atoms with E-state index >= 15 is 0 Å². The molecule has 0 fully saturated rings. The van der Waals surface area contributed by atoms with Crippen molar-refractivity contribution in [1.82, 2.24) is 5.32 Å². The van der Waals surface area contributed by atoms with E-state index in [0.29, 0.717) is 0 Å². The summed E-state index contributed by atoms with van der Waals surface area (Å²) < 4.78 is 43.2. The van der Waals surface area contributed by atoms with Crippen LogP contribution < -0.4 is 5.32 Å². The summed E-state index contributed by atoms with van der Waals surface area (Å²) >= 11 is 0. The molecule has 0 radical (unpaired) electrons. The van der Waals surface area contributed by atoms with Crippen LogP contribution >= 0.6 is 0 Å². The lowest BCUT2D eigenvalue weighted by molar-refractivity contribution is -0.137. The summed E-state index contributed by atoms with van der Waals surface area (Å²) in [5, 5.41) is 11.8. The van der Waals surface area contributed by atoms with Crippen LogP contribution in [-0.2, 0) is 20.5 Å². The number of hydrogen-bond donors (Lipinski definition) is 2. The Morgan fingerprint density at radius 1 is 1.22 bits per heavy atom. The summed E-state index contributed by atoms with van der Waals surface area (Å²) in [5.41, 5.74) is -1.24. The molecule has 122 valence electrons. The molecular formula is C15H12F3NO4. The predicted octanol–water partition coefficient (Wildman–Crippen LogP) is 2.42. The second-order valence-corrected chi connectivity index (χ2v) is 4.72. The maximum atomic E-state index is 12.9. The number of dihydropyridines is 1. The topological polar surface area (TPSA) is 75.6 Å². The Balaban J connectivity index is 2.56. The molecule has 23 heavy (non-hydrogen) atoms. The number of hydrogen-bond acceptors (Lipinski definition) is 4. The Labute approximate surface area is 129 Å². The fourth-order valence-corrected chi connectivity index (χ4v) is 2.29. The summed E-state index contributed by atoms with van der Waals surface area (Å²) in [6.45, 7) is 0. The fourth-order valence-electron chi connectivity index (χ4n) is 2.29. The van der Waals surface area contributed by atoms with Crippen molar-refractivity contribution < 1.29 is 32.6 Å². The number of aliphatic carboxylic acids is 1. The largest absolute Gasteiger partial charge is 0.478 e. The molecule has 0 aromatic heterocycles. The van der Waals surface area contributed by atoms with Crippen molar-refractivity contribution in [2.45, 2.75) is 12.1 Å². The average Bonchev–Trinajstić information content (AvgIpc) is 2.52. The number of benzene rings is 1. The molecule has 1 aromatic carbocycles. The number of ether oxygens (including phenoxy) is 1. The maximum absolute atomic E-state index is 12.9. The van der Waals surface area contributed by atoms with Crippen LogP contribution in [0.15, 0.2) is 47.8 Å². The zero-order chi connectivity index (χ0) is 17.2. The molecule has 1 aromatic rings. The van der Waals surface area contributed by atoms with E-state index in [1.807, 2.05) is 0 Å². The summed E-state index contributed by atoms with van der Waals surface area (Å²) in [5.74, 6) is -3.34. The van der Waals surface area contributed by atoms with Gasteiger partial charge >= 0.3 is 18.1 Å². The third kappa shape index (κ3) is 3.36. The van der Waals surface area contributed by atoms with Crippen LogP contribution in [0.25, 0.3) is 0 Å². The molecule has 2 rings (SSSR count). The third-order valence-corrected chi connectivity index (χ3v) is 3.32. The second-order valence-electron chi connectivity index (χ2n) is 4.72. The van der Waals surface area contributed by atoms with Gasteiger partial charge in [-0.3, -0.25) is 0 Å². The molecule has 8 heteroatoms. The highest BCUT2D eigenvalue weighted by atomic mass is 19.4. The van der Waals surface area contributed by atoms with E-state index in [4.69, 9.17) is 0 Å². The van der Waals surface area contributed by atoms with Crippen molar-refractivity contribution >= 4 is 11.9 Å². The number of esters is 1. The van der Waals surface area contributed by atoms with Gasteiger partial charge in [-0.15, -0.1) is 0 Å². The Morgan fingerprint density at radius 2 is 1.87 bits per heavy atom. The van der Waals surface area contributed by atoms with E-state index in [1.165, 1.54) is 12.3 Å². The molecule has 0 saturated heterocycles. The molecule has 0 aliphatic carbocycles. The minimum atomic E-state index is -4.58. The van der Waals surface area contributed by atoms with Crippen LogP contribution in [0, 0.1) is 0 Å². The highest BCUT2D eigenvalue weighted by molar-refractivity contribution is 5.97. The molecule has 0 amide bonds. The van der Waals surface area contributed by atoms with Gasteiger partial charge < -0.3 is 15.2 Å². The first-order valence-electron chi connectivity index (χ1n) is 6.40. The number of halogens is 3. The zero-order valence-corrected chi connectivity index (χ0v) is 11.8. The Bertz CT molecular complexity index is 707. The molecule has 0 spiro atoms. The lowest BCUT2D eigenvalue weighted by atomic mass is 9.83. The minimum Gasteiger partial charge on any atom is -0.478 e. The molecular weight excluding hydrogens is 315 g/mol. The highest BCUT2D eigenvalue weighted by Crippen LogP contribution is 2.37. The molecule has 1 heterocycles. The normalized spacial score (nSPS) is 17.7. The van der Waals surface area contributed by atoms with E-state index in [9.17, 15) is 27.9 Å². The summed E-state index contributed by atoms with van der Waals surface area (Å²) in [6.07, 6.45) is -2.24. The molecule has 1 atom stereocenters. The number of carboxylic acid groups (broad SMARTS) is 1. The summed E-state index contributed by atoms with van der Waals surface area (Å²) in [4.78, 5) is 23.2. The first kappa shape index (κ1) is 16.6. The van der Waals surface area contributed by atoms with Gasteiger partial charge in [0, 0.05) is 12.4 Å². The van der Waals surface area contributed by atoms with Gasteiger partial charge in [-0.25, -0.2) is 9.59 Å². The number of carboxylic acids is 1. The quantitative estimate of drug-likeness (QED) is 0.834. The number of methoxy groups -OCH3 is 1. The number of carbonyl (C=O) groups excluding carboxylic acids is 1. The van der Waals surface area contributed by atoms with Crippen molar-refractivity contribution in [3.05, 3.63) is 58.9 Å². The standard InChI is InChI=1S/C15H12F3NO4/c1-23-14(22)11-7-19-6-10(13(20)21)12(11)8-3-2-4-9(5-8)15(16,17)18/h2-7,12,19H,1H3,(H,20,21). The number of alkyl halides is 3. The van der Waals surface area contributed by atoms with Crippen LogP contribution in [0.2, 0.25) is 0 Å². The van der Waals surface area contributed by atoms with Gasteiger partial charge in [-0.05, 0) is 11.6 Å². The van der Waals surface area contributed by atoms with Gasteiger partial charge in [-0.2, -0.15) is 13.2 Å². The Hall–Kier alpha value is -2.77. The van der Waals surface area contributed by atoms with Crippen LogP contribution in [-0.4, -0.2) is 24.2 Å². The Kier molecular flexibility index (Phi) is 4.44. The van der Waals surface area contributed by atoms with Crippen LogP contribution in [0.3, 0.4) is 0 Å². The maximum Gasteiger partial charge on any atom is 0.416 e. The van der Waals surface area contributed by atoms with E-state index in [-0.39, 0.29) is 16.7 Å². The summed E-state index contributed by atoms with van der Waals surface area (Å²) in [6, 6.07) is 4.19. The molecule has 2 N–H and O–H groups in total. The first-order valence-corrected chi connectivity index (χ1v) is 6.40. The Morgan fingerprint density at radius 3 is 2.43 bits per heavy atom. The van der Waals surface area contributed by atoms with E-state index in [1.54, 1.807) is 0 Å². The second kappa shape index (κ2) is 6.15. The lowest BCUT2D eigenvalue weighted by Gasteiger charge is -2.24. The van der Waals surface area contributed by atoms with Crippen LogP contribution in [0.1, 0.15) is 17.0 Å². The zero-order valence-electron chi connectivity index (χ0n) is 11.8. The monoisotopic (exact) mass is 327 g/mol. The van der Waals surface area contributed by atoms with Gasteiger partial charge in [0.05, 0.1) is 29.7 Å². The van der Waals surface area contributed by atoms with Crippen LogP contribution in [0.5, 0.6) is 0 Å². The fraction of sp³-hybridized carbons (Fsp3) is 0.200. The average molecular weight is 327 g/mol. The number of nitrogens with one attached hydrogen (secondary N) is 1. The summed E-state index contributed by atoms with van der Waals surface area (Å²) in [7, 11) is 1.10. The highest BCUT2D eigenvalue weighted by Gasteiger charge is 2.35. The van der Waals surface area contributed by atoms with Crippen molar-refractivity contribution in [2.24, 2.45) is 0 Å². The molecule has 0 bridgehead atoms. The van der Waals surface area contributed by atoms with Crippen molar-refractivity contribution in [3.8, 4) is 0 Å². The number of rotatable bonds is 3. The number of carbonyl (C=O) groups is 2. The molecule has 1 unspecified atom stereocenters. The van der Waals surface area contributed by atoms with E-state index in [2.05, 4.69) is 10.1 Å². The smallest absolute Gasteiger partial charge is 0.416 e. The van der Waals surface area contributed by atoms with Crippen LogP contribution in [0.4, 0.5) is 13.2 Å². The van der Waals surface area contributed by atoms with Gasteiger partial charge in [0.25, 0.3) is 0 Å². The molecule has 5 nitrogen and oxygen atoms in total. The van der Waals surface area contributed by atoms with Crippen molar-refractivity contribution in [1.29, 1.82) is 0 Å². The molecule has 0 saturated carbocycles. The molecule has 1 aliphatic heterocycles. The van der Waals surface area contributed by atoms with Gasteiger partial charge in [-0.1, -0.05) is 18.2 Å². The van der Waals surface area contributed by atoms with E-state index < -0.39 is 29.6 Å². The lowest BCUT2D eigenvalue weighted by Crippen LogP contribution is -2.25. The SMILES string of the molecule is COC(=O)C1=CNC=C(C(=O)O)C1c1cccc(C(F)(F)F)c1. The van der Waals surface area contributed by atoms with Gasteiger partial charge in [0.2, 0.25) is 0 Å². The van der Waals surface area contributed by atoms with E-state index in [0.717, 1.165) is 31.5 Å².